The third kappa shape index (κ3) is 12.6. The zero-order chi connectivity index (χ0) is 23.3. The number of carbonyl (C=O) groups is 1. The van der Waals surface area contributed by atoms with Crippen LogP contribution in [0.15, 0.2) is 54.6 Å². The molecule has 0 saturated carbocycles. The van der Waals surface area contributed by atoms with Crippen LogP contribution in [0.2, 0.25) is 0 Å². The Kier molecular flexibility index (Phi) is 15.5. The van der Waals surface area contributed by atoms with Crippen molar-refractivity contribution in [3.05, 3.63) is 60.2 Å². The molecule has 1 radical (unpaired) electrons. The van der Waals surface area contributed by atoms with Crippen LogP contribution in [0, 0.1) is 5.41 Å². The monoisotopic (exact) mass is 520 g/mol. The van der Waals surface area contributed by atoms with E-state index >= 15 is 0 Å². The Morgan fingerprint density at radius 1 is 0.969 bits per heavy atom. The van der Waals surface area contributed by atoms with Crippen LogP contribution >= 0.6 is 0 Å². The smallest absolute Gasteiger partial charge is 0.411 e. The first-order chi connectivity index (χ1) is 14.7. The average molecular weight is 521 g/mol. The van der Waals surface area contributed by atoms with Crippen molar-refractivity contribution in [2.24, 2.45) is 5.41 Å². The zero-order valence-electron chi connectivity index (χ0n) is 20.7. The number of hydrogen-bond donors (Lipinski definition) is 1. The summed E-state index contributed by atoms with van der Waals surface area (Å²) in [4.78, 5) is 11.7. The van der Waals surface area contributed by atoms with Gasteiger partial charge in [0.05, 0.1) is 6.61 Å². The molecule has 5 nitrogen and oxygen atoms in total. The predicted octanol–water partition coefficient (Wildman–Crippen LogP) is 7.49. The van der Waals surface area contributed by atoms with E-state index in [-0.39, 0.29) is 52.8 Å². The van der Waals surface area contributed by atoms with E-state index in [1.807, 2.05) is 37.3 Å². The van der Waals surface area contributed by atoms with Crippen LogP contribution in [0.1, 0.15) is 67.8 Å². The molecule has 0 aromatic heterocycles. The maximum Gasteiger partial charge on any atom is 0.411 e. The Labute approximate surface area is 221 Å². The number of carbonyl (C=O) groups excluding carboxylic acids is 1. The van der Waals surface area contributed by atoms with E-state index in [9.17, 15) is 4.79 Å². The van der Waals surface area contributed by atoms with Gasteiger partial charge in [-0.15, -0.1) is 0 Å². The van der Waals surface area contributed by atoms with Gasteiger partial charge >= 0.3 is 6.09 Å². The molecule has 0 spiro atoms. The van der Waals surface area contributed by atoms with Gasteiger partial charge in [0, 0.05) is 39.8 Å². The van der Waals surface area contributed by atoms with E-state index in [0.29, 0.717) is 11.6 Å². The third-order valence-electron chi connectivity index (χ3n) is 4.67. The summed E-state index contributed by atoms with van der Waals surface area (Å²) in [6.07, 6.45) is 0.304. The molecule has 1 amide bonds. The molecule has 2 rings (SSSR count). The van der Waals surface area contributed by atoms with Crippen LogP contribution in [0.5, 0.6) is 5.75 Å². The van der Waals surface area contributed by atoms with E-state index in [1.54, 1.807) is 12.1 Å². The second-order valence-corrected chi connectivity index (χ2v) is 8.55. The molecule has 0 aliphatic rings. The minimum atomic E-state index is -0.507. The Bertz CT molecular complexity index is 751. The third-order valence-corrected chi connectivity index (χ3v) is 4.67. The summed E-state index contributed by atoms with van der Waals surface area (Å²) in [6.45, 7) is 15.4. The Morgan fingerprint density at radius 2 is 1.53 bits per heavy atom. The van der Waals surface area contributed by atoms with E-state index in [2.05, 4.69) is 59.0 Å². The molecule has 0 aliphatic heterocycles. The minimum Gasteiger partial charge on any atom is -0.465 e. The number of hydrogen-bond acceptors (Lipinski definition) is 4. The van der Waals surface area contributed by atoms with Gasteiger partial charge in [0.25, 0.3) is 0 Å². The summed E-state index contributed by atoms with van der Waals surface area (Å²) in [5, 5.41) is 2.65. The average Bonchev–Trinajstić information content (AvgIpc) is 2.72. The second-order valence-electron chi connectivity index (χ2n) is 8.55. The molecule has 2 aromatic carbocycles. The maximum absolute atomic E-state index is 11.7. The van der Waals surface area contributed by atoms with E-state index in [1.165, 1.54) is 12.0 Å². The van der Waals surface area contributed by atoms with E-state index in [4.69, 9.17) is 14.2 Å². The van der Waals surface area contributed by atoms with Crippen LogP contribution in [-0.4, -0.2) is 25.6 Å². The number of rotatable bonds is 8. The molecule has 0 bridgehead atoms. The fourth-order valence-electron chi connectivity index (χ4n) is 2.58. The van der Waals surface area contributed by atoms with Crippen molar-refractivity contribution < 1.29 is 53.1 Å². The molecule has 1 N–H and O–H groups in total. The molecule has 2 aromatic rings. The Balaban J connectivity index is 0. The second kappa shape index (κ2) is 16.2. The summed E-state index contributed by atoms with van der Waals surface area (Å²) in [7, 11) is 0. The minimum absolute atomic E-state index is 0. The first-order valence-electron chi connectivity index (χ1n) is 11.0. The molecule has 2 unspecified atom stereocenters. The first kappa shape index (κ1) is 30.6. The summed E-state index contributed by atoms with van der Waals surface area (Å²) < 4.78 is 16.4. The van der Waals surface area contributed by atoms with Crippen molar-refractivity contribution in [2.45, 2.75) is 67.1 Å². The van der Waals surface area contributed by atoms with Crippen molar-refractivity contribution in [1.82, 2.24) is 0 Å². The predicted molar refractivity (Wildman–Crippen MR) is 130 cm³/mol. The van der Waals surface area contributed by atoms with Gasteiger partial charge in [-0.25, -0.2) is 4.79 Å². The first-order valence-corrected chi connectivity index (χ1v) is 11.0. The van der Waals surface area contributed by atoms with Crippen LogP contribution < -0.4 is 10.1 Å². The van der Waals surface area contributed by atoms with Gasteiger partial charge in [-0.2, -0.15) is 0 Å². The molecule has 177 valence electrons. The van der Waals surface area contributed by atoms with Gasteiger partial charge in [0.2, 0.25) is 0 Å². The van der Waals surface area contributed by atoms with Gasteiger partial charge in [0.15, 0.2) is 6.29 Å². The summed E-state index contributed by atoms with van der Waals surface area (Å²) in [6, 6.07) is 17.3. The fraction of sp³-hybridized carbons (Fsp3) is 0.500. The van der Waals surface area contributed by atoms with Crippen LogP contribution in [-0.2, 0) is 42.2 Å². The molecule has 0 fully saturated rings. The number of benzene rings is 2. The standard InChI is InChI=1S/C23H31NO4.C3H8.Y.H2/c1-17(23(3,4)5)19-11-13-21(14-12-19)28-18(2)26-15-16-27-22(25)24-20-9-7-6-8-10-20;1-3-2;;/h6-14,17-18H,15-16H2,1-5H3,(H,24,25);3H2,1-2H3;;1H. The van der Waals surface area contributed by atoms with Crippen molar-refractivity contribution >= 4 is 11.8 Å². The number of para-hydroxylation sites is 1. The number of amides is 1. The Hall–Kier alpha value is -1.43. The molecule has 0 heterocycles. The molecule has 32 heavy (non-hydrogen) atoms. The normalized spacial score (nSPS) is 12.3. The summed E-state index contributed by atoms with van der Waals surface area (Å²) in [5.41, 5.74) is 2.19. The Morgan fingerprint density at radius 3 is 2.06 bits per heavy atom. The molecule has 0 saturated heterocycles. The van der Waals surface area contributed by atoms with E-state index in [0.717, 1.165) is 5.75 Å². The topological polar surface area (TPSA) is 56.8 Å². The van der Waals surface area contributed by atoms with Gasteiger partial charge in [0.1, 0.15) is 12.4 Å². The van der Waals surface area contributed by atoms with E-state index < -0.39 is 12.4 Å². The number of nitrogens with one attached hydrogen (secondary N) is 1. The van der Waals surface area contributed by atoms with Gasteiger partial charge < -0.3 is 14.2 Å². The molecule has 0 aliphatic carbocycles. The fourth-order valence-corrected chi connectivity index (χ4v) is 2.58. The van der Waals surface area contributed by atoms with Gasteiger partial charge in [-0.05, 0) is 48.1 Å². The number of anilines is 1. The summed E-state index contributed by atoms with van der Waals surface area (Å²) >= 11 is 0. The maximum atomic E-state index is 11.7. The van der Waals surface area contributed by atoms with Crippen molar-refractivity contribution in [3.8, 4) is 5.75 Å². The van der Waals surface area contributed by atoms with Crippen molar-refractivity contribution in [2.75, 3.05) is 18.5 Å². The quantitative estimate of drug-likeness (QED) is 0.290. The number of ether oxygens (including phenoxy) is 3. The van der Waals surface area contributed by atoms with Crippen LogP contribution in [0.4, 0.5) is 10.5 Å². The van der Waals surface area contributed by atoms with Gasteiger partial charge in [-0.3, -0.25) is 5.32 Å². The van der Waals surface area contributed by atoms with Crippen LogP contribution in [0.3, 0.4) is 0 Å². The van der Waals surface area contributed by atoms with Gasteiger partial charge in [-0.1, -0.05) is 78.3 Å². The molecular formula is C26H41NO4Y. The molecular weight excluding hydrogens is 479 g/mol. The SMILES string of the molecule is CC(OCCOC(=O)Nc1ccccc1)Oc1ccc(C(C)C(C)(C)C)cc1.CCC.[HH].[Y]. The van der Waals surface area contributed by atoms with Crippen LogP contribution in [0.25, 0.3) is 0 Å². The summed E-state index contributed by atoms with van der Waals surface area (Å²) in [5.74, 6) is 1.20. The van der Waals surface area contributed by atoms with Crippen molar-refractivity contribution in [1.29, 1.82) is 0 Å². The largest absolute Gasteiger partial charge is 0.465 e. The molecule has 2 atom stereocenters. The zero-order valence-corrected chi connectivity index (χ0v) is 23.5. The molecule has 6 heteroatoms. The van der Waals surface area contributed by atoms with Crippen molar-refractivity contribution in [3.63, 3.8) is 0 Å².